The molecule has 0 aliphatic heterocycles. The van der Waals surface area contributed by atoms with Gasteiger partial charge in [0.05, 0.1) is 12.7 Å². The second-order valence-corrected chi connectivity index (χ2v) is 13.0. The molecule has 0 amide bonds. The highest BCUT2D eigenvalue weighted by Crippen LogP contribution is 2.68. The van der Waals surface area contributed by atoms with Crippen molar-refractivity contribution >= 4 is 0 Å². The maximum Gasteiger partial charge on any atom is 0.232 e. The Morgan fingerprint density at radius 3 is 2.61 bits per heavy atom. The Hall–Kier alpha value is -2.64. The molecule has 7 atom stereocenters. The zero-order valence-corrected chi connectivity index (χ0v) is 23.5. The predicted molar refractivity (Wildman–Crippen MR) is 151 cm³/mol. The molecule has 3 saturated carbocycles. The van der Waals surface area contributed by atoms with Crippen molar-refractivity contribution in [1.82, 2.24) is 4.98 Å². The molecule has 3 fully saturated rings. The van der Waals surface area contributed by atoms with E-state index in [9.17, 15) is 10.4 Å². The SMILES string of the molecule is CCOc1nc([C@H]2CC[C@H]3[C@@H]4CC=C5C[C@@H](O)CC[C@]5(C)[C@H]4CC[C@]23C)cc(-c2ccc(C)cc2)c1C#N. The Bertz CT molecular complexity index is 1290. The van der Waals surface area contributed by atoms with E-state index in [2.05, 4.69) is 63.2 Å². The van der Waals surface area contributed by atoms with Crippen LogP contribution in [0.2, 0.25) is 0 Å². The number of rotatable bonds is 4. The van der Waals surface area contributed by atoms with Crippen LogP contribution in [-0.4, -0.2) is 22.8 Å². The minimum atomic E-state index is -0.152. The zero-order chi connectivity index (χ0) is 26.7. The minimum Gasteiger partial charge on any atom is -0.477 e. The molecule has 0 radical (unpaired) electrons. The first-order valence-electron chi connectivity index (χ1n) is 14.8. The van der Waals surface area contributed by atoms with Crippen LogP contribution >= 0.6 is 0 Å². The van der Waals surface area contributed by atoms with E-state index in [0.29, 0.717) is 35.8 Å². The van der Waals surface area contributed by atoms with Crippen molar-refractivity contribution < 1.29 is 9.84 Å². The number of allylic oxidation sites excluding steroid dienone is 1. The van der Waals surface area contributed by atoms with E-state index in [1.54, 1.807) is 0 Å². The van der Waals surface area contributed by atoms with Gasteiger partial charge < -0.3 is 9.84 Å². The van der Waals surface area contributed by atoms with Gasteiger partial charge in [-0.05, 0) is 105 Å². The number of aryl methyl sites for hydroxylation is 1. The number of nitrogens with zero attached hydrogens (tertiary/aromatic N) is 2. The summed E-state index contributed by atoms with van der Waals surface area (Å²) in [7, 11) is 0. The third-order valence-corrected chi connectivity index (χ3v) is 11.2. The molecule has 2 aromatic rings. The number of hydrogen-bond acceptors (Lipinski definition) is 4. The molecular weight excluding hydrogens is 468 g/mol. The molecule has 4 nitrogen and oxygen atoms in total. The fourth-order valence-electron chi connectivity index (χ4n) is 9.16. The molecule has 0 unspecified atom stereocenters. The molecule has 0 bridgehead atoms. The lowest BCUT2D eigenvalue weighted by atomic mass is 9.47. The van der Waals surface area contributed by atoms with Gasteiger partial charge in [-0.3, -0.25) is 0 Å². The molecule has 4 heteroatoms. The number of pyridine rings is 1. The number of aromatic nitrogens is 1. The lowest BCUT2D eigenvalue weighted by molar-refractivity contribution is -0.0412. The van der Waals surface area contributed by atoms with Crippen molar-refractivity contribution in [2.45, 2.75) is 91.1 Å². The first-order chi connectivity index (χ1) is 18.3. The molecule has 4 aliphatic rings. The van der Waals surface area contributed by atoms with Gasteiger partial charge in [-0.1, -0.05) is 55.3 Å². The van der Waals surface area contributed by atoms with Gasteiger partial charge in [0.1, 0.15) is 11.6 Å². The van der Waals surface area contributed by atoms with Crippen molar-refractivity contribution in [2.24, 2.45) is 28.6 Å². The Kier molecular flexibility index (Phi) is 6.42. The Labute approximate surface area is 228 Å². The molecule has 0 spiro atoms. The fourth-order valence-corrected chi connectivity index (χ4v) is 9.16. The fraction of sp³-hybridized carbons (Fsp3) is 0.588. The van der Waals surface area contributed by atoms with Crippen LogP contribution in [0.15, 0.2) is 42.0 Å². The number of aliphatic hydroxyl groups is 1. The van der Waals surface area contributed by atoms with Gasteiger partial charge in [0.15, 0.2) is 0 Å². The number of hydrogen-bond donors (Lipinski definition) is 1. The summed E-state index contributed by atoms with van der Waals surface area (Å²) in [4.78, 5) is 5.06. The van der Waals surface area contributed by atoms with Crippen molar-refractivity contribution in [1.29, 1.82) is 5.26 Å². The highest BCUT2D eigenvalue weighted by atomic mass is 16.5. The summed E-state index contributed by atoms with van der Waals surface area (Å²) >= 11 is 0. The smallest absolute Gasteiger partial charge is 0.232 e. The first-order valence-corrected chi connectivity index (χ1v) is 14.8. The number of ether oxygens (including phenoxy) is 1. The van der Waals surface area contributed by atoms with Crippen molar-refractivity contribution in [3.8, 4) is 23.1 Å². The van der Waals surface area contributed by atoms with E-state index in [-0.39, 0.29) is 16.9 Å². The summed E-state index contributed by atoms with van der Waals surface area (Å²) in [6.45, 7) is 9.58. The average molecular weight is 511 g/mol. The van der Waals surface area contributed by atoms with Gasteiger partial charge in [-0.2, -0.15) is 5.26 Å². The van der Waals surface area contributed by atoms with E-state index in [1.165, 1.54) is 30.4 Å². The zero-order valence-electron chi connectivity index (χ0n) is 23.5. The first kappa shape index (κ1) is 25.6. The van der Waals surface area contributed by atoms with Crippen LogP contribution in [0.1, 0.15) is 94.9 Å². The van der Waals surface area contributed by atoms with Crippen molar-refractivity contribution in [2.75, 3.05) is 6.61 Å². The monoisotopic (exact) mass is 510 g/mol. The number of benzene rings is 1. The van der Waals surface area contributed by atoms with Crippen LogP contribution < -0.4 is 4.74 Å². The highest BCUT2D eigenvalue weighted by Gasteiger charge is 2.59. The summed E-state index contributed by atoms with van der Waals surface area (Å²) in [6.07, 6.45) is 11.4. The summed E-state index contributed by atoms with van der Waals surface area (Å²) in [5.74, 6) is 2.98. The lowest BCUT2D eigenvalue weighted by Gasteiger charge is -2.58. The largest absolute Gasteiger partial charge is 0.477 e. The number of nitriles is 1. The second-order valence-electron chi connectivity index (χ2n) is 13.0. The number of aliphatic hydroxyl groups excluding tert-OH is 1. The summed E-state index contributed by atoms with van der Waals surface area (Å²) in [5, 5.41) is 20.5. The maximum atomic E-state index is 10.3. The van der Waals surface area contributed by atoms with E-state index >= 15 is 0 Å². The van der Waals surface area contributed by atoms with E-state index in [1.807, 2.05) is 6.92 Å². The molecule has 1 N–H and O–H groups in total. The molecule has 200 valence electrons. The number of fused-ring (bicyclic) bond motifs is 5. The summed E-state index contributed by atoms with van der Waals surface area (Å²) in [6, 6.07) is 13.1. The molecule has 1 heterocycles. The van der Waals surface area contributed by atoms with Gasteiger partial charge in [-0.25, -0.2) is 4.98 Å². The van der Waals surface area contributed by atoms with E-state index in [4.69, 9.17) is 9.72 Å². The molecule has 1 aromatic carbocycles. The van der Waals surface area contributed by atoms with Crippen LogP contribution in [0.4, 0.5) is 0 Å². The Balaban J connectivity index is 1.38. The maximum absolute atomic E-state index is 10.3. The van der Waals surface area contributed by atoms with E-state index < -0.39 is 0 Å². The van der Waals surface area contributed by atoms with Gasteiger partial charge in [-0.15, -0.1) is 0 Å². The molecule has 1 aromatic heterocycles. The van der Waals surface area contributed by atoms with Gasteiger partial charge in [0.25, 0.3) is 0 Å². The van der Waals surface area contributed by atoms with Gasteiger partial charge in [0.2, 0.25) is 5.88 Å². The molecule has 0 saturated heterocycles. The van der Waals surface area contributed by atoms with Crippen LogP contribution in [-0.2, 0) is 0 Å². The van der Waals surface area contributed by atoms with Crippen LogP contribution in [0.3, 0.4) is 0 Å². The standard InChI is InChI=1S/C34H42N2O2/c1-5-38-32-27(20-35)26(22-8-6-21(2)7-9-22)19-31(36-32)30-13-12-28-25-11-10-23-18-24(37)14-16-33(23,3)29(25)15-17-34(28,30)4/h6-10,19,24-25,28-30,37H,5,11-18H2,1-4H3/t24-,25-,28-,29-,30+,33-,34-/m0/s1. The average Bonchev–Trinajstić information content (AvgIpc) is 3.26. The second kappa shape index (κ2) is 9.53. The van der Waals surface area contributed by atoms with Gasteiger partial charge in [0, 0.05) is 17.2 Å². The van der Waals surface area contributed by atoms with Crippen LogP contribution in [0.25, 0.3) is 11.1 Å². The Morgan fingerprint density at radius 1 is 1.08 bits per heavy atom. The molecule has 38 heavy (non-hydrogen) atoms. The Morgan fingerprint density at radius 2 is 1.87 bits per heavy atom. The molecular formula is C34H42N2O2. The molecule has 4 aliphatic carbocycles. The minimum absolute atomic E-state index is 0.152. The summed E-state index contributed by atoms with van der Waals surface area (Å²) < 4.78 is 5.99. The lowest BCUT2D eigenvalue weighted by Crippen LogP contribution is -2.50. The molecule has 6 rings (SSSR count). The third kappa shape index (κ3) is 3.92. The van der Waals surface area contributed by atoms with Crippen molar-refractivity contribution in [3.63, 3.8) is 0 Å². The van der Waals surface area contributed by atoms with Gasteiger partial charge >= 0.3 is 0 Å². The quantitative estimate of drug-likeness (QED) is 0.427. The highest BCUT2D eigenvalue weighted by molar-refractivity contribution is 5.73. The van der Waals surface area contributed by atoms with E-state index in [0.717, 1.165) is 54.8 Å². The normalized spacial score (nSPS) is 35.9. The predicted octanol–water partition coefficient (Wildman–Crippen LogP) is 7.73. The van der Waals surface area contributed by atoms with Crippen molar-refractivity contribution in [3.05, 3.63) is 58.8 Å². The van der Waals surface area contributed by atoms with Crippen LogP contribution in [0, 0.1) is 46.8 Å². The third-order valence-electron chi connectivity index (χ3n) is 11.2. The van der Waals surface area contributed by atoms with Crippen LogP contribution in [0.5, 0.6) is 5.88 Å². The summed E-state index contributed by atoms with van der Waals surface area (Å²) in [5.41, 5.74) is 6.85. The topological polar surface area (TPSA) is 66.1 Å².